The second-order valence-corrected chi connectivity index (χ2v) is 11.4. The maximum Gasteiger partial charge on any atom is 0.224 e. The van der Waals surface area contributed by atoms with Crippen LogP contribution < -0.4 is 10.1 Å². The van der Waals surface area contributed by atoms with Crippen molar-refractivity contribution in [3.63, 3.8) is 0 Å². The van der Waals surface area contributed by atoms with Gasteiger partial charge in [0.05, 0.1) is 12.4 Å². The molecule has 33 heavy (non-hydrogen) atoms. The maximum absolute atomic E-state index is 12.3. The Morgan fingerprint density at radius 3 is 2.48 bits per heavy atom. The minimum absolute atomic E-state index is 0.0537. The van der Waals surface area contributed by atoms with Crippen molar-refractivity contribution in [2.75, 3.05) is 37.8 Å². The van der Waals surface area contributed by atoms with E-state index in [-0.39, 0.29) is 5.91 Å². The number of hydrogen-bond donors (Lipinski definition) is 1. The summed E-state index contributed by atoms with van der Waals surface area (Å²) in [7, 11) is -3.23. The molecule has 2 heterocycles. The van der Waals surface area contributed by atoms with E-state index < -0.39 is 14.6 Å². The number of hydrogen-bond acceptors (Lipinski definition) is 7. The lowest BCUT2D eigenvalue weighted by molar-refractivity contribution is -0.116. The molecule has 0 atom stereocenters. The number of anilines is 1. The van der Waals surface area contributed by atoms with Crippen LogP contribution in [0.2, 0.25) is 0 Å². The van der Waals surface area contributed by atoms with Crippen molar-refractivity contribution in [3.05, 3.63) is 47.5 Å². The summed E-state index contributed by atoms with van der Waals surface area (Å²) in [6.07, 6.45) is 8.69. The molecule has 8 nitrogen and oxygen atoms in total. The Labute approximate surface area is 195 Å². The van der Waals surface area contributed by atoms with Crippen molar-refractivity contribution < 1.29 is 17.9 Å². The van der Waals surface area contributed by atoms with Gasteiger partial charge in [-0.05, 0) is 63.7 Å². The molecule has 0 bridgehead atoms. The van der Waals surface area contributed by atoms with Gasteiger partial charge in [0, 0.05) is 24.9 Å². The highest BCUT2D eigenvalue weighted by atomic mass is 32.2. The number of amides is 1. The Kier molecular flexibility index (Phi) is 6.99. The molecule has 1 N–H and O–H groups in total. The molecular formula is C24H32N4O4S. The van der Waals surface area contributed by atoms with Gasteiger partial charge in [0.2, 0.25) is 5.91 Å². The molecule has 1 saturated carbocycles. The molecule has 1 amide bonds. The number of benzene rings is 1. The van der Waals surface area contributed by atoms with Crippen molar-refractivity contribution in [1.82, 2.24) is 14.9 Å². The van der Waals surface area contributed by atoms with Crippen LogP contribution in [0.4, 0.5) is 5.69 Å². The SMILES string of the molecule is Cc1ccc2c(c1)CCCN(CCOc1cnc(C3(S(C)(=O)=O)CC3)nc1)CCCC(=O)N2. The average Bonchev–Trinajstić information content (AvgIpc) is 3.57. The normalized spacial score (nSPS) is 19.2. The topological polar surface area (TPSA) is 101 Å². The van der Waals surface area contributed by atoms with Gasteiger partial charge in [-0.15, -0.1) is 0 Å². The van der Waals surface area contributed by atoms with Gasteiger partial charge < -0.3 is 10.1 Å². The molecule has 9 heteroatoms. The first-order valence-corrected chi connectivity index (χ1v) is 13.4. The summed E-state index contributed by atoms with van der Waals surface area (Å²) in [5.41, 5.74) is 3.30. The standard InChI is InChI=1S/C24H32N4O4S/c1-18-7-8-21-19(15-18)5-3-11-28(12-4-6-22(29)27-21)13-14-32-20-16-25-23(26-17-20)24(9-10-24)33(2,30)31/h7-8,15-17H,3-6,9-14H2,1-2H3,(H,27,29). The molecule has 0 unspecified atom stereocenters. The molecule has 1 fully saturated rings. The van der Waals surface area contributed by atoms with Crippen LogP contribution in [0.1, 0.15) is 49.1 Å². The van der Waals surface area contributed by atoms with E-state index in [1.54, 1.807) is 12.4 Å². The predicted octanol–water partition coefficient (Wildman–Crippen LogP) is 2.86. The summed E-state index contributed by atoms with van der Waals surface area (Å²) in [6, 6.07) is 6.19. The summed E-state index contributed by atoms with van der Waals surface area (Å²) in [5.74, 6) is 0.945. The van der Waals surface area contributed by atoms with E-state index in [1.165, 1.54) is 17.4 Å². The molecule has 0 spiro atoms. The molecule has 4 rings (SSSR count). The number of nitrogens with one attached hydrogen (secondary N) is 1. The van der Waals surface area contributed by atoms with Gasteiger partial charge >= 0.3 is 0 Å². The molecule has 0 saturated heterocycles. The second kappa shape index (κ2) is 9.77. The molecule has 178 valence electrons. The van der Waals surface area contributed by atoms with Crippen LogP contribution in [0.15, 0.2) is 30.6 Å². The van der Waals surface area contributed by atoms with E-state index in [1.807, 2.05) is 12.1 Å². The molecular weight excluding hydrogens is 440 g/mol. The number of aryl methyl sites for hydroxylation is 2. The summed E-state index contributed by atoms with van der Waals surface area (Å²) in [4.78, 5) is 23.2. The van der Waals surface area contributed by atoms with Crippen LogP contribution in [-0.4, -0.2) is 61.7 Å². The number of sulfone groups is 1. The van der Waals surface area contributed by atoms with Crippen LogP contribution in [0, 0.1) is 6.92 Å². The summed E-state index contributed by atoms with van der Waals surface area (Å²) >= 11 is 0. The van der Waals surface area contributed by atoms with Crippen LogP contribution in [-0.2, 0) is 25.8 Å². The van der Waals surface area contributed by atoms with Crippen molar-refractivity contribution >= 4 is 21.4 Å². The molecule has 0 radical (unpaired) electrons. The minimum atomic E-state index is -3.23. The zero-order valence-corrected chi connectivity index (χ0v) is 20.2. The lowest BCUT2D eigenvalue weighted by Gasteiger charge is -2.22. The van der Waals surface area contributed by atoms with E-state index in [9.17, 15) is 13.2 Å². The Hall–Kier alpha value is -2.52. The summed E-state index contributed by atoms with van der Waals surface area (Å²) in [6.45, 7) is 5.04. The Bertz CT molecular complexity index is 1100. The first-order valence-electron chi connectivity index (χ1n) is 11.5. The number of rotatable bonds is 6. The van der Waals surface area contributed by atoms with Crippen LogP contribution in [0.3, 0.4) is 0 Å². The Balaban J connectivity index is 1.31. The largest absolute Gasteiger partial charge is 0.489 e. The van der Waals surface area contributed by atoms with Crippen LogP contribution in [0.25, 0.3) is 0 Å². The Morgan fingerprint density at radius 1 is 1.12 bits per heavy atom. The van der Waals surface area contributed by atoms with Gasteiger partial charge in [0.15, 0.2) is 15.6 Å². The molecule has 1 aromatic carbocycles. The maximum atomic E-state index is 12.3. The highest BCUT2D eigenvalue weighted by Crippen LogP contribution is 2.50. The second-order valence-electron chi connectivity index (χ2n) is 9.11. The third-order valence-electron chi connectivity index (χ3n) is 6.46. The number of nitrogens with zero attached hydrogens (tertiary/aromatic N) is 3. The van der Waals surface area contributed by atoms with E-state index in [4.69, 9.17) is 4.74 Å². The van der Waals surface area contributed by atoms with Gasteiger partial charge in [0.1, 0.15) is 17.2 Å². The fourth-order valence-corrected chi connectivity index (χ4v) is 5.63. The predicted molar refractivity (Wildman–Crippen MR) is 127 cm³/mol. The fraction of sp³-hybridized carbons (Fsp3) is 0.542. The Morgan fingerprint density at radius 2 is 1.82 bits per heavy atom. The lowest BCUT2D eigenvalue weighted by atomic mass is 10.0. The van der Waals surface area contributed by atoms with Crippen molar-refractivity contribution in [2.24, 2.45) is 0 Å². The third-order valence-corrected chi connectivity index (χ3v) is 8.47. The lowest BCUT2D eigenvalue weighted by Crippen LogP contribution is -2.31. The van der Waals surface area contributed by atoms with Crippen LogP contribution >= 0.6 is 0 Å². The number of carbonyl (C=O) groups excluding carboxylic acids is 1. The molecule has 1 aliphatic heterocycles. The third kappa shape index (κ3) is 5.70. The molecule has 2 aliphatic rings. The highest BCUT2D eigenvalue weighted by Gasteiger charge is 2.56. The average molecular weight is 473 g/mol. The van der Waals surface area contributed by atoms with Gasteiger partial charge in [-0.3, -0.25) is 9.69 Å². The van der Waals surface area contributed by atoms with Crippen molar-refractivity contribution in [2.45, 2.75) is 50.2 Å². The zero-order chi connectivity index (χ0) is 23.5. The van der Waals surface area contributed by atoms with Crippen molar-refractivity contribution in [1.29, 1.82) is 0 Å². The van der Waals surface area contributed by atoms with Gasteiger partial charge in [-0.1, -0.05) is 17.7 Å². The van der Waals surface area contributed by atoms with Gasteiger partial charge in [0.25, 0.3) is 0 Å². The van der Waals surface area contributed by atoms with E-state index in [2.05, 4.69) is 33.2 Å². The summed E-state index contributed by atoms with van der Waals surface area (Å²) < 4.78 is 29.0. The fourth-order valence-electron chi connectivity index (χ4n) is 4.35. The van der Waals surface area contributed by atoms with E-state index in [0.717, 1.165) is 44.6 Å². The molecule has 1 aliphatic carbocycles. The first-order chi connectivity index (χ1) is 15.8. The quantitative estimate of drug-likeness (QED) is 0.690. The van der Waals surface area contributed by atoms with Gasteiger partial charge in [-0.25, -0.2) is 18.4 Å². The summed E-state index contributed by atoms with van der Waals surface area (Å²) in [5, 5.41) is 3.06. The van der Waals surface area contributed by atoms with Gasteiger partial charge in [-0.2, -0.15) is 0 Å². The number of fused-ring (bicyclic) bond motifs is 1. The highest BCUT2D eigenvalue weighted by molar-refractivity contribution is 7.91. The number of aromatic nitrogens is 2. The minimum Gasteiger partial charge on any atom is -0.489 e. The molecule has 1 aromatic heterocycles. The number of ether oxygens (including phenoxy) is 1. The number of carbonyl (C=O) groups is 1. The zero-order valence-electron chi connectivity index (χ0n) is 19.3. The monoisotopic (exact) mass is 472 g/mol. The van der Waals surface area contributed by atoms with E-state index in [0.29, 0.717) is 37.4 Å². The van der Waals surface area contributed by atoms with Crippen LogP contribution in [0.5, 0.6) is 5.75 Å². The molecule has 2 aromatic rings. The van der Waals surface area contributed by atoms with E-state index >= 15 is 0 Å². The van der Waals surface area contributed by atoms with Crippen molar-refractivity contribution in [3.8, 4) is 5.75 Å². The smallest absolute Gasteiger partial charge is 0.224 e. The first kappa shape index (κ1) is 23.6.